The van der Waals surface area contributed by atoms with E-state index in [9.17, 15) is 0 Å². The molecule has 0 fully saturated rings. The summed E-state index contributed by atoms with van der Waals surface area (Å²) in [5.41, 5.74) is 3.67. The number of halogens is 1. The van der Waals surface area contributed by atoms with Gasteiger partial charge in [-0.3, -0.25) is 0 Å². The number of rotatable bonds is 6. The van der Waals surface area contributed by atoms with Gasteiger partial charge in [0.15, 0.2) is 0 Å². The summed E-state index contributed by atoms with van der Waals surface area (Å²) in [5, 5.41) is 3.45. The highest BCUT2D eigenvalue weighted by Gasteiger charge is 2.05. The molecule has 2 aromatic rings. The zero-order chi connectivity index (χ0) is 15.2. The van der Waals surface area contributed by atoms with Crippen LogP contribution in [-0.2, 0) is 13.2 Å². The van der Waals surface area contributed by atoms with Gasteiger partial charge in [0, 0.05) is 21.7 Å². The second-order valence-corrected chi connectivity index (χ2v) is 6.81. The number of hydrogen-bond donors (Lipinski definition) is 1. The third-order valence-corrected chi connectivity index (χ3v) is 3.94. The molecular weight excluding hydrogens is 373 g/mol. The lowest BCUT2D eigenvalue weighted by Gasteiger charge is -2.14. The van der Waals surface area contributed by atoms with Gasteiger partial charge >= 0.3 is 0 Å². The van der Waals surface area contributed by atoms with Crippen molar-refractivity contribution in [2.45, 2.75) is 40.0 Å². The normalized spacial score (nSPS) is 10.9. The summed E-state index contributed by atoms with van der Waals surface area (Å²) >= 11 is 2.31. The molecule has 0 spiro atoms. The van der Waals surface area contributed by atoms with Crippen molar-refractivity contribution in [3.8, 4) is 5.75 Å². The van der Waals surface area contributed by atoms with E-state index in [1.54, 1.807) is 0 Å². The smallest absolute Gasteiger partial charge is 0.124 e. The van der Waals surface area contributed by atoms with E-state index in [1.807, 2.05) is 0 Å². The van der Waals surface area contributed by atoms with E-state index in [1.165, 1.54) is 20.3 Å². The van der Waals surface area contributed by atoms with Gasteiger partial charge in [-0.25, -0.2) is 0 Å². The summed E-state index contributed by atoms with van der Waals surface area (Å²) in [6.07, 6.45) is 0. The molecule has 0 aromatic heterocycles. The molecule has 0 aliphatic heterocycles. The Morgan fingerprint density at radius 3 is 2.48 bits per heavy atom. The molecule has 2 aromatic carbocycles. The Kier molecular flexibility index (Phi) is 6.06. The van der Waals surface area contributed by atoms with Gasteiger partial charge in [-0.1, -0.05) is 43.7 Å². The minimum Gasteiger partial charge on any atom is -0.489 e. The molecule has 0 amide bonds. The van der Waals surface area contributed by atoms with Crippen LogP contribution < -0.4 is 10.1 Å². The molecule has 0 saturated carbocycles. The van der Waals surface area contributed by atoms with Crippen LogP contribution in [0.5, 0.6) is 5.75 Å². The average molecular weight is 395 g/mol. The summed E-state index contributed by atoms with van der Waals surface area (Å²) < 4.78 is 7.25. The molecule has 3 heteroatoms. The molecule has 21 heavy (non-hydrogen) atoms. The lowest BCUT2D eigenvalue weighted by Crippen LogP contribution is -2.22. The summed E-state index contributed by atoms with van der Waals surface area (Å²) in [4.78, 5) is 0. The highest BCUT2D eigenvalue weighted by molar-refractivity contribution is 14.1. The maximum Gasteiger partial charge on any atom is 0.124 e. The third-order valence-electron chi connectivity index (χ3n) is 3.22. The van der Waals surface area contributed by atoms with Crippen molar-refractivity contribution in [1.82, 2.24) is 5.32 Å². The van der Waals surface area contributed by atoms with Crippen LogP contribution in [0.4, 0.5) is 0 Å². The molecule has 0 saturated heterocycles. The maximum atomic E-state index is 6.01. The largest absolute Gasteiger partial charge is 0.489 e. The van der Waals surface area contributed by atoms with Gasteiger partial charge in [0.05, 0.1) is 0 Å². The summed E-state index contributed by atoms with van der Waals surface area (Å²) in [5.74, 6) is 0.965. The first-order valence-corrected chi connectivity index (χ1v) is 8.32. The lowest BCUT2D eigenvalue weighted by atomic mass is 10.1. The third kappa shape index (κ3) is 5.32. The highest BCUT2D eigenvalue weighted by atomic mass is 127. The van der Waals surface area contributed by atoms with Crippen molar-refractivity contribution in [1.29, 1.82) is 0 Å². The van der Waals surface area contributed by atoms with Crippen LogP contribution in [0.2, 0.25) is 0 Å². The fourth-order valence-corrected chi connectivity index (χ4v) is 2.40. The number of aryl methyl sites for hydroxylation is 1. The van der Waals surface area contributed by atoms with Crippen molar-refractivity contribution in [2.75, 3.05) is 0 Å². The van der Waals surface area contributed by atoms with Crippen molar-refractivity contribution < 1.29 is 4.74 Å². The summed E-state index contributed by atoms with van der Waals surface area (Å²) in [6, 6.07) is 15.3. The van der Waals surface area contributed by atoms with Crippen LogP contribution in [-0.4, -0.2) is 6.04 Å². The Balaban J connectivity index is 2.06. The van der Waals surface area contributed by atoms with Gasteiger partial charge in [0.25, 0.3) is 0 Å². The first-order chi connectivity index (χ1) is 10.0. The van der Waals surface area contributed by atoms with Crippen LogP contribution in [0.3, 0.4) is 0 Å². The number of benzene rings is 2. The number of hydrogen-bond acceptors (Lipinski definition) is 2. The molecule has 0 heterocycles. The Morgan fingerprint density at radius 1 is 1.10 bits per heavy atom. The van der Waals surface area contributed by atoms with Gasteiger partial charge in [0.2, 0.25) is 0 Å². The molecule has 0 atom stereocenters. The summed E-state index contributed by atoms with van der Waals surface area (Å²) in [7, 11) is 0. The Hall–Kier alpha value is -1.07. The Labute approximate surface area is 141 Å². The quantitative estimate of drug-likeness (QED) is 0.718. The molecule has 0 radical (unpaired) electrons. The Bertz CT molecular complexity index is 578. The van der Waals surface area contributed by atoms with Crippen LogP contribution in [0.15, 0.2) is 42.5 Å². The lowest BCUT2D eigenvalue weighted by molar-refractivity contribution is 0.301. The highest BCUT2D eigenvalue weighted by Crippen LogP contribution is 2.21. The van der Waals surface area contributed by atoms with Crippen molar-refractivity contribution >= 4 is 22.6 Å². The average Bonchev–Trinajstić information content (AvgIpc) is 2.45. The van der Waals surface area contributed by atoms with E-state index in [-0.39, 0.29) is 0 Å². The fourth-order valence-electron chi connectivity index (χ4n) is 2.04. The molecule has 0 aliphatic rings. The summed E-state index contributed by atoms with van der Waals surface area (Å²) in [6.45, 7) is 7.86. The van der Waals surface area contributed by atoms with Gasteiger partial charge < -0.3 is 10.1 Å². The molecule has 2 nitrogen and oxygen atoms in total. The topological polar surface area (TPSA) is 21.3 Å². The number of nitrogens with one attached hydrogen (secondary N) is 1. The zero-order valence-electron chi connectivity index (χ0n) is 12.8. The van der Waals surface area contributed by atoms with Crippen LogP contribution >= 0.6 is 22.6 Å². The molecule has 0 aliphatic carbocycles. The fraction of sp³-hybridized carbons (Fsp3) is 0.333. The van der Waals surface area contributed by atoms with Crippen molar-refractivity contribution in [3.63, 3.8) is 0 Å². The van der Waals surface area contributed by atoms with E-state index < -0.39 is 0 Å². The molecule has 0 bridgehead atoms. The van der Waals surface area contributed by atoms with E-state index in [0.717, 1.165) is 12.3 Å². The van der Waals surface area contributed by atoms with Crippen molar-refractivity contribution in [2.24, 2.45) is 0 Å². The van der Waals surface area contributed by atoms with E-state index in [2.05, 4.69) is 91.1 Å². The molecule has 1 N–H and O–H groups in total. The molecule has 112 valence electrons. The van der Waals surface area contributed by atoms with Crippen LogP contribution in [0.1, 0.15) is 30.5 Å². The van der Waals surface area contributed by atoms with E-state index >= 15 is 0 Å². The molecular formula is C18H22INO. The first-order valence-electron chi connectivity index (χ1n) is 7.25. The van der Waals surface area contributed by atoms with Gasteiger partial charge in [0.1, 0.15) is 12.4 Å². The van der Waals surface area contributed by atoms with Gasteiger partial charge in [-0.15, -0.1) is 0 Å². The maximum absolute atomic E-state index is 6.01. The van der Waals surface area contributed by atoms with Gasteiger partial charge in [-0.05, 0) is 53.3 Å². The monoisotopic (exact) mass is 395 g/mol. The van der Waals surface area contributed by atoms with E-state index in [4.69, 9.17) is 4.74 Å². The van der Waals surface area contributed by atoms with Crippen LogP contribution in [0, 0.1) is 10.5 Å². The second-order valence-electron chi connectivity index (χ2n) is 5.56. The zero-order valence-corrected chi connectivity index (χ0v) is 15.0. The molecule has 0 unspecified atom stereocenters. The number of ether oxygens (including phenoxy) is 1. The SMILES string of the molecule is Cc1ccc(OCc2ccc(I)cc2)c(CNC(C)C)c1. The minimum atomic E-state index is 0.467. The first kappa shape index (κ1) is 16.3. The molecule has 2 rings (SSSR count). The predicted molar refractivity (Wildman–Crippen MR) is 96.6 cm³/mol. The van der Waals surface area contributed by atoms with Crippen LogP contribution in [0.25, 0.3) is 0 Å². The standard InChI is InChI=1S/C18H22INO/c1-13(2)20-11-16-10-14(3)4-9-18(16)21-12-15-5-7-17(19)8-6-15/h4-10,13,20H,11-12H2,1-3H3. The predicted octanol–water partition coefficient (Wildman–Crippen LogP) is 4.68. The van der Waals surface area contributed by atoms with Gasteiger partial charge in [-0.2, -0.15) is 0 Å². The van der Waals surface area contributed by atoms with Crippen molar-refractivity contribution in [3.05, 3.63) is 62.7 Å². The minimum absolute atomic E-state index is 0.467. The Morgan fingerprint density at radius 2 is 1.81 bits per heavy atom. The second kappa shape index (κ2) is 7.80. The van der Waals surface area contributed by atoms with E-state index in [0.29, 0.717) is 12.6 Å².